The van der Waals surface area contributed by atoms with Crippen molar-refractivity contribution in [2.45, 2.75) is 4.90 Å². The quantitative estimate of drug-likeness (QED) is 0.441. The second-order valence-corrected chi connectivity index (χ2v) is 8.50. The standard InChI is InChI=1S/C21H12ClF2N3O3S/c22-20-17(27-31(29,30)14-3-1-2-13(23)11-14)7-5-15(24)19(20)21(28)12-4-6-16-18(10-12)26-9-8-25-16/h1-11,27H. The topological polar surface area (TPSA) is 89.0 Å². The number of sulfonamides is 1. The third-order valence-corrected chi connectivity index (χ3v) is 6.16. The highest BCUT2D eigenvalue weighted by molar-refractivity contribution is 7.92. The minimum Gasteiger partial charge on any atom is -0.288 e. The molecule has 156 valence electrons. The summed E-state index contributed by atoms with van der Waals surface area (Å²) in [5.74, 6) is -2.44. The summed E-state index contributed by atoms with van der Waals surface area (Å²) in [7, 11) is -4.23. The third-order valence-electron chi connectivity index (χ3n) is 4.40. The van der Waals surface area contributed by atoms with Crippen molar-refractivity contribution < 1.29 is 22.0 Å². The van der Waals surface area contributed by atoms with E-state index in [1.165, 1.54) is 36.7 Å². The second-order valence-electron chi connectivity index (χ2n) is 6.44. The molecule has 4 rings (SSSR count). The average molecular weight is 460 g/mol. The zero-order chi connectivity index (χ0) is 22.2. The molecule has 0 saturated heterocycles. The number of carbonyl (C=O) groups excluding carboxylic acids is 1. The van der Waals surface area contributed by atoms with Gasteiger partial charge in [0, 0.05) is 18.0 Å². The summed E-state index contributed by atoms with van der Waals surface area (Å²) in [6, 6.07) is 10.8. The zero-order valence-corrected chi connectivity index (χ0v) is 17.1. The summed E-state index contributed by atoms with van der Waals surface area (Å²) in [4.78, 5) is 20.8. The van der Waals surface area contributed by atoms with Gasteiger partial charge in [0.15, 0.2) is 5.78 Å². The van der Waals surface area contributed by atoms with E-state index in [1.54, 1.807) is 6.07 Å². The van der Waals surface area contributed by atoms with E-state index in [4.69, 9.17) is 11.6 Å². The Balaban J connectivity index is 1.74. The summed E-state index contributed by atoms with van der Waals surface area (Å²) >= 11 is 6.21. The molecule has 0 aliphatic rings. The molecule has 0 atom stereocenters. The van der Waals surface area contributed by atoms with Crippen molar-refractivity contribution in [2.75, 3.05) is 4.72 Å². The van der Waals surface area contributed by atoms with E-state index < -0.39 is 38.0 Å². The van der Waals surface area contributed by atoms with Crippen LogP contribution in [0.4, 0.5) is 14.5 Å². The smallest absolute Gasteiger partial charge is 0.262 e. The number of carbonyl (C=O) groups is 1. The summed E-state index contributed by atoms with van der Waals surface area (Å²) in [5, 5.41) is -0.427. The number of aromatic nitrogens is 2. The number of hydrogen-bond donors (Lipinski definition) is 1. The number of nitrogens with zero attached hydrogens (tertiary/aromatic N) is 2. The summed E-state index contributed by atoms with van der Waals surface area (Å²) < 4.78 is 55.2. The van der Waals surface area contributed by atoms with E-state index in [-0.39, 0.29) is 16.1 Å². The van der Waals surface area contributed by atoms with Crippen LogP contribution in [0.3, 0.4) is 0 Å². The lowest BCUT2D eigenvalue weighted by Gasteiger charge is -2.13. The maximum atomic E-state index is 14.5. The first-order valence-corrected chi connectivity index (χ1v) is 10.6. The molecule has 0 unspecified atom stereocenters. The molecule has 0 saturated carbocycles. The monoisotopic (exact) mass is 459 g/mol. The van der Waals surface area contributed by atoms with Crippen LogP contribution in [-0.4, -0.2) is 24.2 Å². The van der Waals surface area contributed by atoms with Gasteiger partial charge >= 0.3 is 0 Å². The highest BCUT2D eigenvalue weighted by Crippen LogP contribution is 2.32. The average Bonchev–Trinajstić information content (AvgIpc) is 2.75. The number of rotatable bonds is 5. The number of halogens is 3. The number of ketones is 1. The Morgan fingerprint density at radius 2 is 1.68 bits per heavy atom. The van der Waals surface area contributed by atoms with Crippen molar-refractivity contribution >= 4 is 44.1 Å². The van der Waals surface area contributed by atoms with Gasteiger partial charge in [0.05, 0.1) is 32.2 Å². The van der Waals surface area contributed by atoms with E-state index in [9.17, 15) is 22.0 Å². The van der Waals surface area contributed by atoms with Crippen molar-refractivity contribution in [1.82, 2.24) is 9.97 Å². The summed E-state index contributed by atoms with van der Waals surface area (Å²) in [6.07, 6.45) is 2.94. The summed E-state index contributed by atoms with van der Waals surface area (Å²) in [5.41, 5.74) is 0.328. The summed E-state index contributed by atoms with van der Waals surface area (Å²) in [6.45, 7) is 0. The third kappa shape index (κ3) is 4.10. The van der Waals surface area contributed by atoms with Gasteiger partial charge in [-0.2, -0.15) is 0 Å². The van der Waals surface area contributed by atoms with Crippen molar-refractivity contribution in [1.29, 1.82) is 0 Å². The normalized spacial score (nSPS) is 11.5. The molecule has 31 heavy (non-hydrogen) atoms. The van der Waals surface area contributed by atoms with Gasteiger partial charge in [-0.3, -0.25) is 19.5 Å². The molecule has 1 heterocycles. The van der Waals surface area contributed by atoms with E-state index in [2.05, 4.69) is 14.7 Å². The van der Waals surface area contributed by atoms with Crippen molar-refractivity contribution in [2.24, 2.45) is 0 Å². The van der Waals surface area contributed by atoms with Gasteiger partial charge < -0.3 is 0 Å². The lowest BCUT2D eigenvalue weighted by atomic mass is 10.0. The number of anilines is 1. The first-order valence-electron chi connectivity index (χ1n) is 8.78. The van der Waals surface area contributed by atoms with Crippen LogP contribution in [0.1, 0.15) is 15.9 Å². The Hall–Kier alpha value is -3.43. The largest absolute Gasteiger partial charge is 0.288 e. The first kappa shape index (κ1) is 20.8. The number of fused-ring (bicyclic) bond motifs is 1. The van der Waals surface area contributed by atoms with Gasteiger partial charge in [0.1, 0.15) is 11.6 Å². The van der Waals surface area contributed by atoms with Crippen LogP contribution in [0.2, 0.25) is 5.02 Å². The number of benzene rings is 3. The Morgan fingerprint density at radius 3 is 2.42 bits per heavy atom. The molecule has 0 radical (unpaired) electrons. The molecule has 0 spiro atoms. The molecule has 0 bridgehead atoms. The highest BCUT2D eigenvalue weighted by atomic mass is 35.5. The van der Waals surface area contributed by atoms with Crippen molar-refractivity contribution in [3.63, 3.8) is 0 Å². The minimum atomic E-state index is -4.23. The highest BCUT2D eigenvalue weighted by Gasteiger charge is 2.24. The first-order chi connectivity index (χ1) is 14.8. The second kappa shape index (κ2) is 8.01. The molecule has 4 aromatic rings. The molecule has 0 aliphatic heterocycles. The van der Waals surface area contributed by atoms with E-state index >= 15 is 0 Å². The van der Waals surface area contributed by atoms with Crippen LogP contribution in [0.15, 0.2) is 71.9 Å². The Bertz CT molecular complexity index is 1450. The van der Waals surface area contributed by atoms with Crippen LogP contribution < -0.4 is 4.72 Å². The van der Waals surface area contributed by atoms with Crippen molar-refractivity contribution in [3.8, 4) is 0 Å². The lowest BCUT2D eigenvalue weighted by Crippen LogP contribution is -2.15. The van der Waals surface area contributed by atoms with E-state index in [0.717, 1.165) is 24.3 Å². The predicted octanol–water partition coefficient (Wildman–Crippen LogP) is 4.59. The fourth-order valence-corrected chi connectivity index (χ4v) is 4.37. The Morgan fingerprint density at radius 1 is 0.935 bits per heavy atom. The maximum Gasteiger partial charge on any atom is 0.262 e. The molecule has 0 aliphatic carbocycles. The van der Waals surface area contributed by atoms with Crippen LogP contribution in [0.25, 0.3) is 11.0 Å². The predicted molar refractivity (Wildman–Crippen MR) is 112 cm³/mol. The van der Waals surface area contributed by atoms with Crippen LogP contribution in [0, 0.1) is 11.6 Å². The minimum absolute atomic E-state index is 0.0962. The van der Waals surface area contributed by atoms with Gasteiger partial charge in [-0.15, -0.1) is 0 Å². The van der Waals surface area contributed by atoms with Gasteiger partial charge in [-0.25, -0.2) is 17.2 Å². The molecule has 0 amide bonds. The van der Waals surface area contributed by atoms with E-state index in [0.29, 0.717) is 11.0 Å². The number of nitrogens with one attached hydrogen (secondary N) is 1. The molecular weight excluding hydrogens is 448 g/mol. The Kier molecular flexibility index (Phi) is 5.38. The molecular formula is C21H12ClF2N3O3S. The fourth-order valence-electron chi connectivity index (χ4n) is 2.93. The molecule has 0 fully saturated rings. The van der Waals surface area contributed by atoms with E-state index in [1.807, 2.05) is 0 Å². The van der Waals surface area contributed by atoms with Crippen molar-refractivity contribution in [3.05, 3.63) is 94.8 Å². The van der Waals surface area contributed by atoms with Crippen LogP contribution in [-0.2, 0) is 10.0 Å². The van der Waals surface area contributed by atoms with Gasteiger partial charge in [0.25, 0.3) is 10.0 Å². The Labute approximate surface area is 180 Å². The van der Waals surface area contributed by atoms with Gasteiger partial charge in [-0.1, -0.05) is 17.7 Å². The molecule has 1 N–H and O–H groups in total. The van der Waals surface area contributed by atoms with Crippen LogP contribution >= 0.6 is 11.6 Å². The van der Waals surface area contributed by atoms with Crippen LogP contribution in [0.5, 0.6) is 0 Å². The maximum absolute atomic E-state index is 14.5. The molecule has 6 nitrogen and oxygen atoms in total. The number of hydrogen-bond acceptors (Lipinski definition) is 5. The SMILES string of the molecule is O=C(c1ccc2nccnc2c1)c1c(F)ccc(NS(=O)(=O)c2cccc(F)c2)c1Cl. The molecule has 10 heteroatoms. The zero-order valence-electron chi connectivity index (χ0n) is 15.5. The van der Waals surface area contributed by atoms with Gasteiger partial charge in [0.2, 0.25) is 0 Å². The lowest BCUT2D eigenvalue weighted by molar-refractivity contribution is 0.103. The van der Waals surface area contributed by atoms with Gasteiger partial charge in [-0.05, 0) is 48.5 Å². The molecule has 3 aromatic carbocycles. The fraction of sp³-hybridized carbons (Fsp3) is 0. The molecule has 1 aromatic heterocycles.